The molecule has 2 atom stereocenters. The summed E-state index contributed by atoms with van der Waals surface area (Å²) in [4.78, 5) is 0. The van der Waals surface area contributed by atoms with Gasteiger partial charge in [-0.2, -0.15) is 0 Å². The highest BCUT2D eigenvalue weighted by molar-refractivity contribution is 6.17. The summed E-state index contributed by atoms with van der Waals surface area (Å²) in [5.41, 5.74) is 3.06. The molecule has 2 fully saturated rings. The highest BCUT2D eigenvalue weighted by atomic mass is 35.5. The van der Waals surface area contributed by atoms with Crippen LogP contribution in [0.15, 0.2) is 30.3 Å². The van der Waals surface area contributed by atoms with Crippen LogP contribution in [0.5, 0.6) is 23.0 Å². The minimum absolute atomic E-state index is 0.206. The Hall–Kier alpha value is -1.95. The van der Waals surface area contributed by atoms with E-state index in [1.165, 1.54) is 5.56 Å². The molecule has 0 amide bonds. The molecule has 6 heteroatoms. The normalized spacial score (nSPS) is 21.5. The van der Waals surface area contributed by atoms with Crippen molar-refractivity contribution in [2.24, 2.45) is 0 Å². The summed E-state index contributed by atoms with van der Waals surface area (Å²) in [5, 5.41) is 0. The summed E-state index contributed by atoms with van der Waals surface area (Å²) in [7, 11) is 0. The lowest BCUT2D eigenvalue weighted by molar-refractivity contribution is 0.261. The van der Waals surface area contributed by atoms with Crippen molar-refractivity contribution in [1.82, 2.24) is 0 Å². The zero-order valence-electron chi connectivity index (χ0n) is 16.0. The van der Waals surface area contributed by atoms with Crippen LogP contribution in [-0.4, -0.2) is 38.6 Å². The third-order valence-electron chi connectivity index (χ3n) is 5.46. The number of alkyl halides is 1. The van der Waals surface area contributed by atoms with Crippen LogP contribution in [0.4, 0.5) is 0 Å². The van der Waals surface area contributed by atoms with Gasteiger partial charge in [-0.05, 0) is 29.3 Å². The average Bonchev–Trinajstić information content (AvgIpc) is 3.55. The molecule has 0 aliphatic carbocycles. The Bertz CT molecular complexity index is 885. The first-order chi connectivity index (χ1) is 13.6. The minimum Gasteiger partial charge on any atom is -0.491 e. The van der Waals surface area contributed by atoms with Gasteiger partial charge in [-0.1, -0.05) is 26.0 Å². The van der Waals surface area contributed by atoms with Gasteiger partial charge in [0, 0.05) is 16.9 Å². The summed E-state index contributed by atoms with van der Waals surface area (Å²) < 4.78 is 27.8. The molecule has 2 saturated heterocycles. The summed E-state index contributed by atoms with van der Waals surface area (Å²) in [5.74, 6) is 3.72. The smallest absolute Gasteiger partial charge is 0.212 e. The second-order valence-electron chi connectivity index (χ2n) is 7.98. The van der Waals surface area contributed by atoms with E-state index >= 15 is 0 Å². The fraction of sp³-hybridized carbons (Fsp3) is 0.455. The summed E-state index contributed by atoms with van der Waals surface area (Å²) >= 11 is 6.30. The van der Waals surface area contributed by atoms with Crippen LogP contribution in [0.3, 0.4) is 0 Å². The Morgan fingerprint density at radius 3 is 2.25 bits per heavy atom. The largest absolute Gasteiger partial charge is 0.491 e. The van der Waals surface area contributed by atoms with Crippen LogP contribution in [0.2, 0.25) is 0 Å². The quantitative estimate of drug-likeness (QED) is 0.392. The topological polar surface area (TPSA) is 56.0 Å². The first-order valence-electron chi connectivity index (χ1n) is 9.60. The van der Waals surface area contributed by atoms with Crippen molar-refractivity contribution in [3.8, 4) is 23.0 Å². The van der Waals surface area contributed by atoms with E-state index in [9.17, 15) is 0 Å². The third kappa shape index (κ3) is 3.54. The van der Waals surface area contributed by atoms with E-state index in [2.05, 4.69) is 26.0 Å². The molecular weight excluding hydrogens is 380 g/mol. The molecule has 0 aromatic heterocycles. The first-order valence-corrected chi connectivity index (χ1v) is 10.1. The van der Waals surface area contributed by atoms with Crippen molar-refractivity contribution in [3.05, 3.63) is 47.0 Å². The lowest BCUT2D eigenvalue weighted by Gasteiger charge is -2.27. The molecule has 0 N–H and O–H groups in total. The fourth-order valence-corrected chi connectivity index (χ4v) is 3.77. The van der Waals surface area contributed by atoms with Gasteiger partial charge in [0.2, 0.25) is 5.75 Å². The van der Waals surface area contributed by atoms with Gasteiger partial charge in [-0.3, -0.25) is 0 Å². The number of ether oxygens (including phenoxy) is 5. The maximum atomic E-state index is 6.30. The lowest BCUT2D eigenvalue weighted by Crippen LogP contribution is -2.20. The molecule has 2 unspecified atom stereocenters. The molecule has 0 radical (unpaired) electrons. The van der Waals surface area contributed by atoms with E-state index in [4.69, 9.17) is 35.3 Å². The zero-order chi connectivity index (χ0) is 19.3. The zero-order valence-corrected chi connectivity index (χ0v) is 16.8. The third-order valence-corrected chi connectivity index (χ3v) is 5.74. The predicted molar refractivity (Wildman–Crippen MR) is 105 cm³/mol. The molecule has 0 spiro atoms. The number of hydrogen-bond donors (Lipinski definition) is 0. The highest BCUT2D eigenvalue weighted by Crippen LogP contribution is 2.60. The van der Waals surface area contributed by atoms with Crippen LogP contribution in [0.25, 0.3) is 0 Å². The van der Waals surface area contributed by atoms with Gasteiger partial charge in [0.25, 0.3) is 0 Å². The molecule has 3 aliphatic heterocycles. The molecule has 0 bridgehead atoms. The molecule has 5 nitrogen and oxygen atoms in total. The van der Waals surface area contributed by atoms with Crippen molar-refractivity contribution < 1.29 is 23.7 Å². The lowest BCUT2D eigenvalue weighted by atomic mass is 9.76. The van der Waals surface area contributed by atoms with E-state index < -0.39 is 0 Å². The highest BCUT2D eigenvalue weighted by Gasteiger charge is 2.40. The number of epoxide rings is 2. The molecule has 5 rings (SSSR count). The standard InChI is InChI=1S/C22H23ClO5/c1-22(2,14-3-5-15(6-4-14)24-9-16-10-25-16)19-13(8-23)7-18(20-21(19)28-20)27-12-17-11-26-17/h3-7,16-17H,8-12H2,1-2H3. The van der Waals surface area contributed by atoms with Gasteiger partial charge >= 0.3 is 0 Å². The van der Waals surface area contributed by atoms with Crippen LogP contribution in [0, 0.1) is 0 Å². The van der Waals surface area contributed by atoms with Gasteiger partial charge < -0.3 is 23.7 Å². The Balaban J connectivity index is 1.39. The average molecular weight is 403 g/mol. The van der Waals surface area contributed by atoms with Crippen LogP contribution in [0.1, 0.15) is 30.5 Å². The Morgan fingerprint density at radius 2 is 1.64 bits per heavy atom. The second-order valence-corrected chi connectivity index (χ2v) is 8.25. The monoisotopic (exact) mass is 402 g/mol. The van der Waals surface area contributed by atoms with Crippen molar-refractivity contribution in [2.75, 3.05) is 26.4 Å². The Kier molecular flexibility index (Phi) is 4.42. The molecule has 2 aromatic carbocycles. The molecule has 0 saturated carbocycles. The summed E-state index contributed by atoms with van der Waals surface area (Å²) in [6.07, 6.45) is 0.457. The van der Waals surface area contributed by atoms with E-state index in [-0.39, 0.29) is 17.6 Å². The van der Waals surface area contributed by atoms with Crippen LogP contribution < -0.4 is 14.2 Å². The van der Waals surface area contributed by atoms with Crippen LogP contribution in [-0.2, 0) is 20.8 Å². The summed E-state index contributed by atoms with van der Waals surface area (Å²) in [6.45, 7) is 7.09. The van der Waals surface area contributed by atoms with Gasteiger partial charge in [-0.15, -0.1) is 11.6 Å². The molecule has 28 heavy (non-hydrogen) atoms. The predicted octanol–water partition coefficient (Wildman–Crippen LogP) is 4.41. The number of benzene rings is 2. The van der Waals surface area contributed by atoms with Crippen molar-refractivity contribution >= 4 is 11.6 Å². The Morgan fingerprint density at radius 1 is 1.00 bits per heavy atom. The second kappa shape index (κ2) is 6.83. The van der Waals surface area contributed by atoms with Crippen molar-refractivity contribution in [3.63, 3.8) is 0 Å². The SMILES string of the molecule is CC(C)(c1ccc(OCC2CO2)cc1)c1c(CCl)cc(OCC2CO2)c2c1O2. The van der Waals surface area contributed by atoms with Crippen molar-refractivity contribution in [2.45, 2.75) is 37.4 Å². The van der Waals surface area contributed by atoms with E-state index in [0.29, 0.717) is 19.1 Å². The van der Waals surface area contributed by atoms with Crippen molar-refractivity contribution in [1.29, 1.82) is 0 Å². The van der Waals surface area contributed by atoms with Gasteiger partial charge in [0.15, 0.2) is 11.5 Å². The minimum atomic E-state index is -0.263. The van der Waals surface area contributed by atoms with Crippen LogP contribution >= 0.6 is 11.6 Å². The van der Waals surface area contributed by atoms with Gasteiger partial charge in [0.05, 0.1) is 13.2 Å². The molecule has 3 aliphatic rings. The molecular formula is C22H23ClO5. The number of fused-ring (bicyclic) bond motifs is 1. The maximum Gasteiger partial charge on any atom is 0.212 e. The molecule has 2 aromatic rings. The summed E-state index contributed by atoms with van der Waals surface area (Å²) in [6, 6.07) is 10.2. The number of halogens is 1. The number of rotatable bonds is 9. The van der Waals surface area contributed by atoms with E-state index in [1.54, 1.807) is 0 Å². The first kappa shape index (κ1) is 18.1. The molecule has 148 valence electrons. The maximum absolute atomic E-state index is 6.30. The number of hydrogen-bond acceptors (Lipinski definition) is 5. The fourth-order valence-electron chi connectivity index (χ4n) is 3.56. The molecule has 3 heterocycles. The van der Waals surface area contributed by atoms with Gasteiger partial charge in [0.1, 0.15) is 31.2 Å². The Labute approximate surface area is 169 Å². The van der Waals surface area contributed by atoms with E-state index in [1.807, 2.05) is 18.2 Å². The van der Waals surface area contributed by atoms with Gasteiger partial charge in [-0.25, -0.2) is 0 Å². The van der Waals surface area contributed by atoms with E-state index in [0.717, 1.165) is 47.3 Å².